The van der Waals surface area contributed by atoms with Crippen LogP contribution in [0.1, 0.15) is 37.8 Å². The van der Waals surface area contributed by atoms with E-state index in [-0.39, 0.29) is 25.0 Å². The Morgan fingerprint density at radius 2 is 1.59 bits per heavy atom. The smallest absolute Gasteiger partial charge is 0.310 e. The third-order valence-electron chi connectivity index (χ3n) is 4.33. The number of rotatable bonds is 10. The average molecular weight is 367 g/mol. The second-order valence-electron chi connectivity index (χ2n) is 7.21. The Labute approximate surface area is 162 Å². The summed E-state index contributed by atoms with van der Waals surface area (Å²) in [5.74, 6) is 0.0308. The first-order chi connectivity index (χ1) is 13.0. The zero-order valence-electron chi connectivity index (χ0n) is 16.2. The predicted octanol–water partition coefficient (Wildman–Crippen LogP) is 4.98. The molecule has 0 bridgehead atoms. The molecule has 1 N–H and O–H groups in total. The number of hydrogen-bond donors (Lipinski definition) is 1. The molecule has 4 nitrogen and oxygen atoms in total. The van der Waals surface area contributed by atoms with Gasteiger partial charge < -0.3 is 9.94 Å². The summed E-state index contributed by atoms with van der Waals surface area (Å²) in [4.78, 5) is 12.2. The number of carbonyl (C=O) groups is 1. The summed E-state index contributed by atoms with van der Waals surface area (Å²) < 4.78 is 5.35. The van der Waals surface area contributed by atoms with E-state index in [9.17, 15) is 10.0 Å². The Bertz CT molecular complexity index is 713. The van der Waals surface area contributed by atoms with Gasteiger partial charge in [-0.25, -0.2) is 0 Å². The molecule has 0 radical (unpaired) electrons. The van der Waals surface area contributed by atoms with Gasteiger partial charge in [0, 0.05) is 6.54 Å². The molecule has 0 aliphatic rings. The number of esters is 1. The van der Waals surface area contributed by atoms with Crippen molar-refractivity contribution in [3.05, 3.63) is 83.9 Å². The van der Waals surface area contributed by atoms with E-state index < -0.39 is 0 Å². The van der Waals surface area contributed by atoms with Gasteiger partial charge in [-0.05, 0) is 29.0 Å². The monoisotopic (exact) mass is 367 g/mol. The maximum atomic E-state index is 12.2. The van der Waals surface area contributed by atoms with Crippen LogP contribution in [-0.4, -0.2) is 22.3 Å². The molecular weight excluding hydrogens is 338 g/mol. The number of hydrogen-bond acceptors (Lipinski definition) is 4. The topological polar surface area (TPSA) is 49.8 Å². The van der Waals surface area contributed by atoms with Gasteiger partial charge in [-0.3, -0.25) is 4.79 Å². The summed E-state index contributed by atoms with van der Waals surface area (Å²) in [6, 6.07) is 19.0. The highest BCUT2D eigenvalue weighted by atomic mass is 16.5. The Kier molecular flexibility index (Phi) is 8.24. The lowest BCUT2D eigenvalue weighted by Gasteiger charge is -2.29. The second kappa shape index (κ2) is 10.7. The minimum atomic E-state index is -0.328. The van der Waals surface area contributed by atoms with Gasteiger partial charge in [-0.2, -0.15) is 5.06 Å². The number of ether oxygens (including phenoxy) is 1. The van der Waals surface area contributed by atoms with Crippen LogP contribution in [0.3, 0.4) is 0 Å². The number of carbonyl (C=O) groups excluding carboxylic acids is 1. The third kappa shape index (κ3) is 7.37. The van der Waals surface area contributed by atoms with Gasteiger partial charge in [0.1, 0.15) is 6.61 Å². The molecular formula is C23H29NO3. The van der Waals surface area contributed by atoms with Gasteiger partial charge in [0.2, 0.25) is 0 Å². The first-order valence-corrected chi connectivity index (χ1v) is 9.32. The van der Waals surface area contributed by atoms with Crippen LogP contribution in [0.5, 0.6) is 0 Å². The van der Waals surface area contributed by atoms with Crippen molar-refractivity contribution in [1.82, 2.24) is 5.06 Å². The van der Waals surface area contributed by atoms with E-state index in [1.165, 1.54) is 5.06 Å². The molecule has 1 unspecified atom stereocenters. The molecule has 4 heteroatoms. The number of benzene rings is 2. The van der Waals surface area contributed by atoms with Crippen molar-refractivity contribution >= 4 is 5.97 Å². The highest BCUT2D eigenvalue weighted by Crippen LogP contribution is 2.22. The molecule has 0 fully saturated rings. The van der Waals surface area contributed by atoms with E-state index in [1.54, 1.807) is 0 Å². The molecule has 144 valence electrons. The van der Waals surface area contributed by atoms with Gasteiger partial charge in [-0.1, -0.05) is 81.1 Å². The summed E-state index contributed by atoms with van der Waals surface area (Å²) in [5, 5.41) is 11.9. The van der Waals surface area contributed by atoms with Gasteiger partial charge >= 0.3 is 5.97 Å². The lowest BCUT2D eigenvalue weighted by molar-refractivity contribution is -0.146. The maximum absolute atomic E-state index is 12.2. The molecule has 0 aliphatic carbocycles. The van der Waals surface area contributed by atoms with Crippen molar-refractivity contribution in [2.24, 2.45) is 5.92 Å². The summed E-state index contributed by atoms with van der Waals surface area (Å²) >= 11 is 0. The number of nitrogens with zero attached hydrogens (tertiary/aromatic N) is 1. The fourth-order valence-electron chi connectivity index (χ4n) is 2.92. The van der Waals surface area contributed by atoms with E-state index in [1.807, 2.05) is 60.7 Å². The minimum absolute atomic E-state index is 0.0933. The SMILES string of the molecule is C=C(CC(=O)OCc1ccccc1)C(CC(C)C)N(O)Cc1ccccc1. The average Bonchev–Trinajstić information content (AvgIpc) is 2.66. The molecule has 0 aliphatic heterocycles. The molecule has 0 saturated heterocycles. The van der Waals surface area contributed by atoms with Crippen LogP contribution in [0.4, 0.5) is 0 Å². The van der Waals surface area contributed by atoms with Crippen LogP contribution >= 0.6 is 0 Å². The first-order valence-electron chi connectivity index (χ1n) is 9.32. The molecule has 27 heavy (non-hydrogen) atoms. The van der Waals surface area contributed by atoms with E-state index in [0.717, 1.165) is 11.1 Å². The van der Waals surface area contributed by atoms with Gasteiger partial charge in [0.25, 0.3) is 0 Å². The second-order valence-corrected chi connectivity index (χ2v) is 7.21. The third-order valence-corrected chi connectivity index (χ3v) is 4.33. The molecule has 0 amide bonds. The summed E-state index contributed by atoms with van der Waals surface area (Å²) in [6.45, 7) is 8.87. The fraction of sp³-hybridized carbons (Fsp3) is 0.348. The van der Waals surface area contributed by atoms with E-state index in [4.69, 9.17) is 4.74 Å². The van der Waals surface area contributed by atoms with Crippen molar-refractivity contribution in [3.63, 3.8) is 0 Å². The molecule has 0 spiro atoms. The van der Waals surface area contributed by atoms with Crippen LogP contribution in [0.2, 0.25) is 0 Å². The maximum Gasteiger partial charge on any atom is 0.310 e. The Balaban J connectivity index is 1.93. The van der Waals surface area contributed by atoms with Gasteiger partial charge in [0.15, 0.2) is 0 Å². The largest absolute Gasteiger partial charge is 0.461 e. The highest BCUT2D eigenvalue weighted by molar-refractivity contribution is 5.72. The molecule has 2 aromatic carbocycles. The fourth-order valence-corrected chi connectivity index (χ4v) is 2.92. The summed E-state index contributed by atoms with van der Waals surface area (Å²) in [6.07, 6.45) is 0.810. The summed E-state index contributed by atoms with van der Waals surface area (Å²) in [5.41, 5.74) is 2.62. The van der Waals surface area contributed by atoms with E-state index in [2.05, 4.69) is 20.4 Å². The van der Waals surface area contributed by atoms with Crippen LogP contribution in [0.15, 0.2) is 72.8 Å². The highest BCUT2D eigenvalue weighted by Gasteiger charge is 2.23. The molecule has 0 heterocycles. The Hall–Kier alpha value is -2.43. The van der Waals surface area contributed by atoms with Crippen molar-refractivity contribution in [2.45, 2.75) is 45.9 Å². The van der Waals surface area contributed by atoms with Crippen molar-refractivity contribution in [1.29, 1.82) is 0 Å². The Morgan fingerprint density at radius 3 is 2.15 bits per heavy atom. The summed E-state index contributed by atoms with van der Waals surface area (Å²) in [7, 11) is 0. The van der Waals surface area contributed by atoms with Gasteiger partial charge in [0.05, 0.1) is 12.5 Å². The zero-order valence-corrected chi connectivity index (χ0v) is 16.2. The standard InChI is InChI=1S/C23H29NO3/c1-18(2)14-22(24(26)16-20-10-6-4-7-11-20)19(3)15-23(25)27-17-21-12-8-5-9-13-21/h4-13,18,22,26H,3,14-17H2,1-2H3. The van der Waals surface area contributed by atoms with E-state index in [0.29, 0.717) is 24.5 Å². The lowest BCUT2D eigenvalue weighted by Crippen LogP contribution is -2.35. The minimum Gasteiger partial charge on any atom is -0.461 e. The van der Waals surface area contributed by atoms with Crippen molar-refractivity contribution in [3.8, 4) is 0 Å². The lowest BCUT2D eigenvalue weighted by atomic mass is 9.95. The normalized spacial score (nSPS) is 12.2. The van der Waals surface area contributed by atoms with Crippen LogP contribution in [-0.2, 0) is 22.7 Å². The molecule has 2 rings (SSSR count). The van der Waals surface area contributed by atoms with Crippen LogP contribution in [0, 0.1) is 5.92 Å². The molecule has 2 aromatic rings. The quantitative estimate of drug-likeness (QED) is 0.365. The van der Waals surface area contributed by atoms with Crippen LogP contribution in [0.25, 0.3) is 0 Å². The predicted molar refractivity (Wildman–Crippen MR) is 107 cm³/mol. The zero-order chi connectivity index (χ0) is 19.6. The van der Waals surface area contributed by atoms with Crippen molar-refractivity contribution in [2.75, 3.05) is 0 Å². The first kappa shape index (κ1) is 20.9. The molecule has 1 atom stereocenters. The molecule has 0 aromatic heterocycles. The van der Waals surface area contributed by atoms with Crippen LogP contribution < -0.4 is 0 Å². The Morgan fingerprint density at radius 1 is 1.04 bits per heavy atom. The van der Waals surface area contributed by atoms with Crippen molar-refractivity contribution < 1.29 is 14.7 Å². The number of hydroxylamine groups is 2. The molecule has 0 saturated carbocycles. The van der Waals surface area contributed by atoms with E-state index >= 15 is 0 Å². The van der Waals surface area contributed by atoms with Gasteiger partial charge in [-0.15, -0.1) is 0 Å².